The second kappa shape index (κ2) is 7.85. The molecule has 2 N–H and O–H groups in total. The van der Waals surface area contributed by atoms with Gasteiger partial charge in [0.15, 0.2) is 5.60 Å². The highest BCUT2D eigenvalue weighted by atomic mass is 35.5. The summed E-state index contributed by atoms with van der Waals surface area (Å²) >= 11 is 11.7. The van der Waals surface area contributed by atoms with E-state index in [0.717, 1.165) is 4.90 Å². The normalized spacial score (nSPS) is 19.3. The van der Waals surface area contributed by atoms with Crippen LogP contribution in [0.4, 0.5) is 18.9 Å². The van der Waals surface area contributed by atoms with Crippen LogP contribution in [0.1, 0.15) is 27.1 Å². The van der Waals surface area contributed by atoms with Crippen molar-refractivity contribution in [2.75, 3.05) is 18.4 Å². The van der Waals surface area contributed by atoms with Crippen LogP contribution in [0.5, 0.6) is 0 Å². The van der Waals surface area contributed by atoms with Gasteiger partial charge in [-0.05, 0) is 42.5 Å². The molecule has 154 valence electrons. The van der Waals surface area contributed by atoms with Gasteiger partial charge < -0.3 is 15.3 Å². The molecule has 1 saturated heterocycles. The molecule has 1 atom stereocenters. The molecular weight excluding hydrogens is 432 g/mol. The minimum absolute atomic E-state index is 0.139. The quantitative estimate of drug-likeness (QED) is 0.734. The summed E-state index contributed by atoms with van der Waals surface area (Å²) in [4.78, 5) is 25.6. The molecule has 1 heterocycles. The fourth-order valence-corrected chi connectivity index (χ4v) is 3.49. The first-order valence-electron chi connectivity index (χ1n) is 8.44. The summed E-state index contributed by atoms with van der Waals surface area (Å²) in [6.45, 7) is -1.02. The molecule has 3 rings (SSSR count). The lowest BCUT2D eigenvalue weighted by Gasteiger charge is -2.25. The van der Waals surface area contributed by atoms with Gasteiger partial charge in [-0.3, -0.25) is 9.59 Å². The van der Waals surface area contributed by atoms with Gasteiger partial charge in [0.25, 0.3) is 11.8 Å². The molecule has 0 spiro atoms. The van der Waals surface area contributed by atoms with E-state index in [2.05, 4.69) is 5.32 Å². The van der Waals surface area contributed by atoms with Gasteiger partial charge in [0.1, 0.15) is 0 Å². The molecule has 0 aliphatic carbocycles. The Hall–Kier alpha value is -2.29. The summed E-state index contributed by atoms with van der Waals surface area (Å²) in [5.41, 5.74) is -2.14. The van der Waals surface area contributed by atoms with Crippen molar-refractivity contribution in [1.29, 1.82) is 0 Å². The van der Waals surface area contributed by atoms with Gasteiger partial charge in [0.2, 0.25) is 0 Å². The van der Waals surface area contributed by atoms with E-state index in [1.165, 1.54) is 42.5 Å². The maximum atomic E-state index is 12.9. The second-order valence-corrected chi connectivity index (χ2v) is 7.57. The van der Waals surface area contributed by atoms with Crippen LogP contribution in [0.15, 0.2) is 42.5 Å². The molecule has 5 nitrogen and oxygen atoms in total. The van der Waals surface area contributed by atoms with Crippen molar-refractivity contribution in [3.63, 3.8) is 0 Å². The SMILES string of the molecule is O=C(Nc1ccc(C(=O)N2CC[C@](O)(C(F)(F)F)C2)cc1)c1cc(Cl)cc(Cl)c1. The highest BCUT2D eigenvalue weighted by Crippen LogP contribution is 2.38. The number of alkyl halides is 3. The topological polar surface area (TPSA) is 69.6 Å². The van der Waals surface area contributed by atoms with E-state index in [0.29, 0.717) is 15.7 Å². The predicted molar refractivity (Wildman–Crippen MR) is 102 cm³/mol. The molecule has 1 aliphatic rings. The Morgan fingerprint density at radius 1 is 1.03 bits per heavy atom. The number of hydrogen-bond donors (Lipinski definition) is 2. The van der Waals surface area contributed by atoms with E-state index in [1.54, 1.807) is 0 Å². The van der Waals surface area contributed by atoms with Crippen molar-refractivity contribution in [3.05, 3.63) is 63.6 Å². The Labute approximate surface area is 174 Å². The third kappa shape index (κ3) is 4.66. The third-order valence-corrected chi connectivity index (χ3v) is 5.01. The van der Waals surface area contributed by atoms with E-state index in [9.17, 15) is 27.9 Å². The van der Waals surface area contributed by atoms with Gasteiger partial charge in [0, 0.05) is 39.8 Å². The molecule has 2 amide bonds. The number of halogens is 5. The standard InChI is InChI=1S/C19H15Cl2F3N2O3/c20-13-7-12(8-14(21)9-13)16(27)25-15-3-1-11(2-4-15)17(28)26-6-5-18(29,10-26)19(22,23)24/h1-4,7-9,29H,5-6,10H2,(H,25,27)/t18-/m1/s1. The summed E-state index contributed by atoms with van der Waals surface area (Å²) in [6.07, 6.45) is -5.38. The van der Waals surface area contributed by atoms with Crippen LogP contribution < -0.4 is 5.32 Å². The molecule has 0 saturated carbocycles. The molecule has 2 aromatic carbocycles. The molecule has 0 bridgehead atoms. The number of amides is 2. The zero-order chi connectivity index (χ0) is 21.4. The van der Waals surface area contributed by atoms with Crippen LogP contribution in [0.25, 0.3) is 0 Å². The van der Waals surface area contributed by atoms with Crippen LogP contribution in [0.2, 0.25) is 10.0 Å². The van der Waals surface area contributed by atoms with E-state index in [4.69, 9.17) is 23.2 Å². The van der Waals surface area contributed by atoms with Crippen molar-refractivity contribution in [3.8, 4) is 0 Å². The molecule has 2 aromatic rings. The van der Waals surface area contributed by atoms with Gasteiger partial charge >= 0.3 is 6.18 Å². The monoisotopic (exact) mass is 446 g/mol. The third-order valence-electron chi connectivity index (χ3n) is 4.58. The number of benzene rings is 2. The summed E-state index contributed by atoms with van der Waals surface area (Å²) in [5.74, 6) is -1.10. The van der Waals surface area contributed by atoms with Crippen LogP contribution >= 0.6 is 23.2 Å². The molecule has 10 heteroatoms. The average Bonchev–Trinajstić information content (AvgIpc) is 3.04. The Bertz CT molecular complexity index is 930. The number of carbonyl (C=O) groups is 2. The highest BCUT2D eigenvalue weighted by molar-refractivity contribution is 6.35. The van der Waals surface area contributed by atoms with Gasteiger partial charge in [-0.2, -0.15) is 13.2 Å². The molecule has 0 aromatic heterocycles. The number of hydrogen-bond acceptors (Lipinski definition) is 3. The maximum absolute atomic E-state index is 12.9. The van der Waals surface area contributed by atoms with Gasteiger partial charge in [-0.1, -0.05) is 23.2 Å². The Morgan fingerprint density at radius 3 is 2.14 bits per heavy atom. The Morgan fingerprint density at radius 2 is 1.62 bits per heavy atom. The molecule has 0 radical (unpaired) electrons. The largest absolute Gasteiger partial charge is 0.419 e. The number of nitrogens with one attached hydrogen (secondary N) is 1. The smallest absolute Gasteiger partial charge is 0.379 e. The lowest BCUT2D eigenvalue weighted by molar-refractivity contribution is -0.253. The van der Waals surface area contributed by atoms with Crippen molar-refractivity contribution in [2.24, 2.45) is 0 Å². The highest BCUT2D eigenvalue weighted by Gasteiger charge is 2.57. The number of carbonyl (C=O) groups excluding carboxylic acids is 2. The minimum Gasteiger partial charge on any atom is -0.379 e. The fourth-order valence-electron chi connectivity index (χ4n) is 2.97. The van der Waals surface area contributed by atoms with E-state index >= 15 is 0 Å². The second-order valence-electron chi connectivity index (χ2n) is 6.70. The van der Waals surface area contributed by atoms with Crippen molar-refractivity contribution >= 4 is 40.7 Å². The predicted octanol–water partition coefficient (Wildman–Crippen LogP) is 4.39. The number of rotatable bonds is 3. The summed E-state index contributed by atoms with van der Waals surface area (Å²) in [5, 5.41) is 12.9. The molecule has 0 unspecified atom stereocenters. The van der Waals surface area contributed by atoms with Crippen LogP contribution in [-0.2, 0) is 0 Å². The molecule has 29 heavy (non-hydrogen) atoms. The minimum atomic E-state index is -4.81. The van der Waals surface area contributed by atoms with E-state index in [-0.39, 0.29) is 17.7 Å². The fraction of sp³-hybridized carbons (Fsp3) is 0.263. The Kier molecular flexibility index (Phi) is 5.80. The van der Waals surface area contributed by atoms with E-state index < -0.39 is 36.6 Å². The first-order valence-corrected chi connectivity index (χ1v) is 9.20. The zero-order valence-electron chi connectivity index (χ0n) is 14.8. The Balaban J connectivity index is 1.67. The molecule has 1 fully saturated rings. The number of β-amino-alcohol motifs (C(OH)–C–C–N with tert-alkyl or cyclic N) is 1. The van der Waals surface area contributed by atoms with Crippen LogP contribution in [-0.4, -0.2) is 46.7 Å². The van der Waals surface area contributed by atoms with Crippen molar-refractivity contribution < 1.29 is 27.9 Å². The molecular formula is C19H15Cl2F3N2O3. The summed E-state index contributed by atoms with van der Waals surface area (Å²) in [6, 6.07) is 10.0. The van der Waals surface area contributed by atoms with Crippen molar-refractivity contribution in [2.45, 2.75) is 18.2 Å². The van der Waals surface area contributed by atoms with Gasteiger partial charge in [0.05, 0.1) is 6.54 Å². The number of nitrogens with zero attached hydrogens (tertiary/aromatic N) is 1. The number of aliphatic hydroxyl groups is 1. The zero-order valence-corrected chi connectivity index (χ0v) is 16.3. The van der Waals surface area contributed by atoms with Crippen LogP contribution in [0.3, 0.4) is 0 Å². The van der Waals surface area contributed by atoms with Gasteiger partial charge in [-0.25, -0.2) is 0 Å². The summed E-state index contributed by atoms with van der Waals surface area (Å²) in [7, 11) is 0. The first-order chi connectivity index (χ1) is 13.5. The molecule has 1 aliphatic heterocycles. The van der Waals surface area contributed by atoms with Crippen molar-refractivity contribution in [1.82, 2.24) is 4.90 Å². The lowest BCUT2D eigenvalue weighted by Crippen LogP contribution is -2.48. The maximum Gasteiger partial charge on any atom is 0.419 e. The number of anilines is 1. The summed E-state index contributed by atoms with van der Waals surface area (Å²) < 4.78 is 38.7. The van der Waals surface area contributed by atoms with Gasteiger partial charge in [-0.15, -0.1) is 0 Å². The average molecular weight is 447 g/mol. The van der Waals surface area contributed by atoms with E-state index in [1.807, 2.05) is 0 Å². The van der Waals surface area contributed by atoms with Crippen LogP contribution in [0, 0.1) is 0 Å². The number of likely N-dealkylation sites (tertiary alicyclic amines) is 1. The lowest BCUT2D eigenvalue weighted by atomic mass is 10.0. The first kappa shape index (κ1) is 21.4.